The molecule has 0 spiro atoms. The van der Waals surface area contributed by atoms with E-state index in [-0.39, 0.29) is 12.7 Å². The Bertz CT molecular complexity index is 924. The first kappa shape index (κ1) is 15.8. The summed E-state index contributed by atoms with van der Waals surface area (Å²) >= 11 is 0. The van der Waals surface area contributed by atoms with Crippen molar-refractivity contribution >= 4 is 11.1 Å². The van der Waals surface area contributed by atoms with Crippen molar-refractivity contribution in [2.75, 3.05) is 19.8 Å². The number of benzene rings is 2. The van der Waals surface area contributed by atoms with Crippen LogP contribution < -0.4 is 0 Å². The van der Waals surface area contributed by atoms with Gasteiger partial charge in [-0.1, -0.05) is 18.2 Å². The summed E-state index contributed by atoms with van der Waals surface area (Å²) < 4.78 is 18.5. The first-order valence-electron chi connectivity index (χ1n) is 8.47. The van der Waals surface area contributed by atoms with Gasteiger partial charge in [-0.25, -0.2) is 9.37 Å². The van der Waals surface area contributed by atoms with Crippen LogP contribution in [0.1, 0.15) is 17.9 Å². The van der Waals surface area contributed by atoms with E-state index in [1.807, 2.05) is 42.5 Å². The highest BCUT2D eigenvalue weighted by Gasteiger charge is 2.27. The number of rotatable bonds is 5. The molecular weight excluding hydrogens is 317 g/mol. The Hall–Kier alpha value is -2.71. The van der Waals surface area contributed by atoms with Crippen LogP contribution in [0.3, 0.4) is 0 Å². The van der Waals surface area contributed by atoms with Gasteiger partial charge in [0.15, 0.2) is 11.5 Å². The number of nitrogens with zero attached hydrogens (tertiary/aromatic N) is 3. The van der Waals surface area contributed by atoms with E-state index in [0.717, 1.165) is 41.7 Å². The Morgan fingerprint density at radius 3 is 2.68 bits per heavy atom. The first-order chi connectivity index (χ1) is 12.3. The minimum Gasteiger partial charge on any atom is -0.441 e. The number of fused-ring (bicyclic) bond motifs is 1. The fourth-order valence-electron chi connectivity index (χ4n) is 3.20. The number of likely N-dealkylation sites (tertiary alicyclic amines) is 1. The number of hydrogen-bond donors (Lipinski definition) is 0. The molecular formula is C20H18FN3O. The van der Waals surface area contributed by atoms with Gasteiger partial charge < -0.3 is 4.42 Å². The molecule has 0 amide bonds. The molecule has 0 bridgehead atoms. The highest BCUT2D eigenvalue weighted by Crippen LogP contribution is 2.26. The van der Waals surface area contributed by atoms with E-state index >= 15 is 0 Å². The van der Waals surface area contributed by atoms with Gasteiger partial charge in [-0.2, -0.15) is 5.26 Å². The molecule has 1 aliphatic rings. The lowest BCUT2D eigenvalue weighted by molar-refractivity contribution is 0.0696. The topological polar surface area (TPSA) is 53.1 Å². The molecule has 25 heavy (non-hydrogen) atoms. The molecule has 3 aromatic rings. The van der Waals surface area contributed by atoms with Crippen LogP contribution in [0.15, 0.2) is 46.9 Å². The highest BCUT2D eigenvalue weighted by atomic mass is 19.1. The van der Waals surface area contributed by atoms with E-state index in [9.17, 15) is 4.39 Å². The van der Waals surface area contributed by atoms with Crippen molar-refractivity contribution in [3.8, 4) is 17.2 Å². The summed E-state index contributed by atoms with van der Waals surface area (Å²) in [5.74, 6) is 0.691. The molecule has 5 heteroatoms. The lowest BCUT2D eigenvalue weighted by Gasteiger charge is -2.38. The van der Waals surface area contributed by atoms with Gasteiger partial charge in [0.1, 0.15) is 12.2 Å². The molecule has 0 N–H and O–H groups in total. The highest BCUT2D eigenvalue weighted by molar-refractivity contribution is 5.80. The summed E-state index contributed by atoms with van der Waals surface area (Å²) in [6, 6.07) is 15.6. The third-order valence-corrected chi connectivity index (χ3v) is 4.84. The van der Waals surface area contributed by atoms with Gasteiger partial charge in [0.25, 0.3) is 0 Å². The molecule has 2 heterocycles. The van der Waals surface area contributed by atoms with Crippen LogP contribution in [-0.4, -0.2) is 35.7 Å². The maximum absolute atomic E-state index is 12.7. The van der Waals surface area contributed by atoms with Crippen molar-refractivity contribution in [2.45, 2.75) is 18.9 Å². The number of oxazole rings is 1. The second-order valence-corrected chi connectivity index (χ2v) is 6.36. The van der Waals surface area contributed by atoms with Crippen LogP contribution in [0.25, 0.3) is 22.2 Å². The number of halogens is 1. The zero-order valence-electron chi connectivity index (χ0n) is 13.8. The van der Waals surface area contributed by atoms with Gasteiger partial charge in [0.2, 0.25) is 0 Å². The lowest BCUT2D eigenvalue weighted by atomic mass is 10.0. The van der Waals surface area contributed by atoms with E-state index in [1.165, 1.54) is 0 Å². The smallest absolute Gasteiger partial charge is 0.196 e. The fourth-order valence-corrected chi connectivity index (χ4v) is 3.20. The van der Waals surface area contributed by atoms with E-state index in [4.69, 9.17) is 9.68 Å². The zero-order valence-corrected chi connectivity index (χ0v) is 13.8. The Morgan fingerprint density at radius 1 is 1.20 bits per heavy atom. The maximum Gasteiger partial charge on any atom is 0.196 e. The van der Waals surface area contributed by atoms with Gasteiger partial charge in [0.05, 0.1) is 11.6 Å². The van der Waals surface area contributed by atoms with Crippen molar-refractivity contribution < 1.29 is 8.81 Å². The van der Waals surface area contributed by atoms with Crippen LogP contribution in [0.4, 0.5) is 4.39 Å². The Labute approximate surface area is 145 Å². The standard InChI is InChI=1S/C20H18FN3O/c21-12-17-7-9-24(17)10-8-20-23-18-11-16(5-6-19(18)25-20)15-3-1-14(13-22)2-4-15/h1-6,11,17H,7-10,12H2/t17-/m1/s1. The normalized spacial score (nSPS) is 17.4. The van der Waals surface area contributed by atoms with Crippen LogP contribution >= 0.6 is 0 Å². The largest absolute Gasteiger partial charge is 0.441 e. The second-order valence-electron chi connectivity index (χ2n) is 6.36. The zero-order chi connectivity index (χ0) is 17.2. The van der Waals surface area contributed by atoms with E-state index in [1.54, 1.807) is 0 Å². The van der Waals surface area contributed by atoms with Gasteiger partial charge in [-0.15, -0.1) is 0 Å². The number of alkyl halides is 1. The predicted octanol–water partition coefficient (Wildman–Crippen LogP) is 3.95. The predicted molar refractivity (Wildman–Crippen MR) is 93.8 cm³/mol. The van der Waals surface area contributed by atoms with Crippen molar-refractivity contribution in [1.82, 2.24) is 9.88 Å². The fraction of sp³-hybridized carbons (Fsp3) is 0.300. The summed E-state index contributed by atoms with van der Waals surface area (Å²) in [5.41, 5.74) is 4.31. The van der Waals surface area contributed by atoms with E-state index in [2.05, 4.69) is 16.0 Å². The second kappa shape index (κ2) is 6.66. The average molecular weight is 335 g/mol. The molecule has 126 valence electrons. The number of nitriles is 1. The molecule has 2 aromatic carbocycles. The van der Waals surface area contributed by atoms with Crippen LogP contribution in [0, 0.1) is 11.3 Å². The van der Waals surface area contributed by atoms with E-state index < -0.39 is 0 Å². The van der Waals surface area contributed by atoms with Gasteiger partial charge in [-0.05, 0) is 41.8 Å². The Morgan fingerprint density at radius 2 is 2.00 bits per heavy atom. The molecule has 4 rings (SSSR count). The molecule has 0 radical (unpaired) electrons. The molecule has 1 aromatic heterocycles. The third kappa shape index (κ3) is 3.13. The minimum atomic E-state index is -0.276. The van der Waals surface area contributed by atoms with Crippen molar-refractivity contribution in [3.63, 3.8) is 0 Å². The minimum absolute atomic E-state index is 0.0763. The van der Waals surface area contributed by atoms with Crippen molar-refractivity contribution in [1.29, 1.82) is 5.26 Å². The number of aromatic nitrogens is 1. The molecule has 0 saturated carbocycles. The summed E-state index contributed by atoms with van der Waals surface area (Å²) in [7, 11) is 0. The quantitative estimate of drug-likeness (QED) is 0.708. The SMILES string of the molecule is N#Cc1ccc(-c2ccc3oc(CCN4CC[C@@H]4CF)nc3c2)cc1. The molecule has 1 atom stereocenters. The summed E-state index contributed by atoms with van der Waals surface area (Å²) in [4.78, 5) is 6.71. The third-order valence-electron chi connectivity index (χ3n) is 4.84. The molecule has 0 aliphatic carbocycles. The van der Waals surface area contributed by atoms with Crippen LogP contribution in [0.5, 0.6) is 0 Å². The molecule has 1 fully saturated rings. The first-order valence-corrected chi connectivity index (χ1v) is 8.47. The Kier molecular flexibility index (Phi) is 4.21. The van der Waals surface area contributed by atoms with Crippen molar-refractivity contribution in [3.05, 3.63) is 53.9 Å². The molecule has 1 saturated heterocycles. The van der Waals surface area contributed by atoms with Gasteiger partial charge >= 0.3 is 0 Å². The molecule has 1 aliphatic heterocycles. The summed E-state index contributed by atoms with van der Waals surface area (Å²) in [5, 5.41) is 8.89. The van der Waals surface area contributed by atoms with Crippen LogP contribution in [0.2, 0.25) is 0 Å². The van der Waals surface area contributed by atoms with Gasteiger partial charge in [-0.3, -0.25) is 4.90 Å². The van der Waals surface area contributed by atoms with Crippen LogP contribution in [-0.2, 0) is 6.42 Å². The summed E-state index contributed by atoms with van der Waals surface area (Å²) in [6.07, 6.45) is 1.63. The maximum atomic E-state index is 12.7. The Balaban J connectivity index is 1.51. The lowest BCUT2D eigenvalue weighted by Crippen LogP contribution is -2.49. The van der Waals surface area contributed by atoms with E-state index in [0.29, 0.717) is 17.9 Å². The van der Waals surface area contributed by atoms with Gasteiger partial charge in [0, 0.05) is 25.6 Å². The average Bonchev–Trinajstić information content (AvgIpc) is 3.03. The summed E-state index contributed by atoms with van der Waals surface area (Å²) in [6.45, 7) is 1.46. The van der Waals surface area contributed by atoms with Crippen molar-refractivity contribution in [2.24, 2.45) is 0 Å². The monoisotopic (exact) mass is 335 g/mol. The number of hydrogen-bond acceptors (Lipinski definition) is 4. The molecule has 4 nitrogen and oxygen atoms in total. The molecule has 0 unspecified atom stereocenters.